The molecule has 0 spiro atoms. The van der Waals surface area contributed by atoms with E-state index < -0.39 is 11.2 Å². The summed E-state index contributed by atoms with van der Waals surface area (Å²) < 4.78 is 18.2. The summed E-state index contributed by atoms with van der Waals surface area (Å²) in [6, 6.07) is 3.90. The van der Waals surface area contributed by atoms with Crippen LogP contribution in [0.15, 0.2) is 18.2 Å². The van der Waals surface area contributed by atoms with E-state index in [0.717, 1.165) is 0 Å². The smallest absolute Gasteiger partial charge is 0.253 e. The summed E-state index contributed by atoms with van der Waals surface area (Å²) in [7, 11) is 1.58. The molecule has 1 aromatic carbocycles. The van der Waals surface area contributed by atoms with Crippen molar-refractivity contribution in [1.82, 2.24) is 4.90 Å². The molecule has 2 rings (SSSR count). The molecule has 1 aliphatic heterocycles. The molecule has 1 saturated heterocycles. The van der Waals surface area contributed by atoms with Gasteiger partial charge in [0.2, 0.25) is 5.91 Å². The molecule has 0 radical (unpaired) electrons. The van der Waals surface area contributed by atoms with Gasteiger partial charge in [-0.15, -0.1) is 0 Å². The van der Waals surface area contributed by atoms with E-state index in [-0.39, 0.29) is 16.8 Å². The molecule has 0 bridgehead atoms. The van der Waals surface area contributed by atoms with Gasteiger partial charge < -0.3 is 15.4 Å². The quantitative estimate of drug-likeness (QED) is 0.891. The molecular formula is C16H20ClFN2O3. The molecule has 7 heteroatoms. The van der Waals surface area contributed by atoms with Crippen molar-refractivity contribution >= 4 is 23.4 Å². The van der Waals surface area contributed by atoms with Crippen LogP contribution in [-0.2, 0) is 9.53 Å². The molecule has 0 aromatic heterocycles. The molecule has 0 aliphatic carbocycles. The Bertz CT molecular complexity index is 601. The van der Waals surface area contributed by atoms with Gasteiger partial charge in [-0.3, -0.25) is 9.59 Å². The van der Waals surface area contributed by atoms with E-state index in [1.54, 1.807) is 12.0 Å². The van der Waals surface area contributed by atoms with Crippen LogP contribution in [0, 0.1) is 11.2 Å². The highest BCUT2D eigenvalue weighted by Crippen LogP contribution is 2.35. The summed E-state index contributed by atoms with van der Waals surface area (Å²) in [4.78, 5) is 25.9. The second-order valence-corrected chi connectivity index (χ2v) is 6.22. The SMILES string of the molecule is COCCC1(C(N)=O)CCN(C(=O)c2ccc(F)c(Cl)c2)CC1. The van der Waals surface area contributed by atoms with E-state index in [0.29, 0.717) is 44.5 Å². The molecule has 1 heterocycles. The van der Waals surface area contributed by atoms with Gasteiger partial charge in [-0.25, -0.2) is 4.39 Å². The highest BCUT2D eigenvalue weighted by Gasteiger charge is 2.40. The number of likely N-dealkylation sites (tertiary alicyclic amines) is 1. The monoisotopic (exact) mass is 342 g/mol. The minimum atomic E-state index is -0.632. The van der Waals surface area contributed by atoms with Crippen LogP contribution < -0.4 is 5.73 Å². The van der Waals surface area contributed by atoms with Gasteiger partial charge in [-0.1, -0.05) is 11.6 Å². The van der Waals surface area contributed by atoms with Gasteiger partial charge in [-0.2, -0.15) is 0 Å². The number of amides is 2. The number of piperidine rings is 1. The predicted octanol–water partition coefficient (Wildman–Crippen LogP) is 2.22. The summed E-state index contributed by atoms with van der Waals surface area (Å²) in [5.41, 5.74) is 5.26. The number of ether oxygens (including phenoxy) is 1. The van der Waals surface area contributed by atoms with Crippen molar-refractivity contribution in [2.75, 3.05) is 26.8 Å². The summed E-state index contributed by atoms with van der Waals surface area (Å²) in [6.45, 7) is 1.28. The Balaban J connectivity index is 2.06. The van der Waals surface area contributed by atoms with Gasteiger partial charge in [0.15, 0.2) is 0 Å². The summed E-state index contributed by atoms with van der Waals surface area (Å²) in [5, 5.41) is -0.0839. The number of hydrogen-bond acceptors (Lipinski definition) is 3. The first-order valence-electron chi connectivity index (χ1n) is 7.43. The number of rotatable bonds is 5. The molecular weight excluding hydrogens is 323 g/mol. The molecule has 1 aromatic rings. The Morgan fingerprint density at radius 1 is 1.39 bits per heavy atom. The topological polar surface area (TPSA) is 72.6 Å². The van der Waals surface area contributed by atoms with E-state index in [1.165, 1.54) is 18.2 Å². The van der Waals surface area contributed by atoms with Crippen LogP contribution in [0.3, 0.4) is 0 Å². The van der Waals surface area contributed by atoms with Crippen LogP contribution in [0.2, 0.25) is 5.02 Å². The molecule has 2 N–H and O–H groups in total. The van der Waals surface area contributed by atoms with Crippen molar-refractivity contribution in [1.29, 1.82) is 0 Å². The van der Waals surface area contributed by atoms with Crippen LogP contribution in [-0.4, -0.2) is 43.5 Å². The van der Waals surface area contributed by atoms with Crippen molar-refractivity contribution in [2.24, 2.45) is 11.1 Å². The lowest BCUT2D eigenvalue weighted by Crippen LogP contribution is -2.49. The lowest BCUT2D eigenvalue weighted by Gasteiger charge is -2.39. The molecule has 0 atom stereocenters. The third kappa shape index (κ3) is 3.82. The number of primary amides is 1. The Morgan fingerprint density at radius 3 is 2.57 bits per heavy atom. The minimum absolute atomic E-state index is 0.0839. The first kappa shape index (κ1) is 17.7. The van der Waals surface area contributed by atoms with Gasteiger partial charge in [0.05, 0.1) is 10.4 Å². The Labute approximate surface area is 139 Å². The zero-order valence-electron chi connectivity index (χ0n) is 13.0. The largest absolute Gasteiger partial charge is 0.385 e. The number of hydrogen-bond donors (Lipinski definition) is 1. The molecule has 5 nitrogen and oxygen atoms in total. The van der Waals surface area contributed by atoms with Crippen LogP contribution >= 0.6 is 11.6 Å². The Hall–Kier alpha value is -1.66. The Kier molecular flexibility index (Phi) is 5.59. The van der Waals surface area contributed by atoms with Gasteiger partial charge in [0.25, 0.3) is 5.91 Å². The average molecular weight is 343 g/mol. The number of methoxy groups -OCH3 is 1. The number of halogens is 2. The van der Waals surface area contributed by atoms with Gasteiger partial charge >= 0.3 is 0 Å². The molecule has 126 valence electrons. The first-order chi connectivity index (χ1) is 10.9. The molecule has 0 saturated carbocycles. The van der Waals surface area contributed by atoms with Crippen LogP contribution in [0.5, 0.6) is 0 Å². The zero-order valence-corrected chi connectivity index (χ0v) is 13.7. The third-order valence-corrected chi connectivity index (χ3v) is 4.77. The molecule has 23 heavy (non-hydrogen) atoms. The van der Waals surface area contributed by atoms with E-state index in [2.05, 4.69) is 0 Å². The summed E-state index contributed by atoms with van der Waals surface area (Å²) in [5.74, 6) is -1.14. The van der Waals surface area contributed by atoms with Gasteiger partial charge in [0, 0.05) is 32.4 Å². The maximum Gasteiger partial charge on any atom is 0.253 e. The fourth-order valence-corrected chi connectivity index (χ4v) is 3.05. The van der Waals surface area contributed by atoms with E-state index >= 15 is 0 Å². The van der Waals surface area contributed by atoms with Gasteiger partial charge in [0.1, 0.15) is 5.82 Å². The van der Waals surface area contributed by atoms with Crippen LogP contribution in [0.1, 0.15) is 29.6 Å². The highest BCUT2D eigenvalue weighted by atomic mass is 35.5. The number of carbonyl (C=O) groups is 2. The second-order valence-electron chi connectivity index (χ2n) is 5.81. The lowest BCUT2D eigenvalue weighted by atomic mass is 9.75. The maximum absolute atomic E-state index is 13.2. The average Bonchev–Trinajstić information content (AvgIpc) is 2.55. The molecule has 0 unspecified atom stereocenters. The van der Waals surface area contributed by atoms with Crippen LogP contribution in [0.25, 0.3) is 0 Å². The normalized spacial score (nSPS) is 17.1. The number of nitrogens with zero attached hydrogens (tertiary/aromatic N) is 1. The highest BCUT2D eigenvalue weighted by molar-refractivity contribution is 6.31. The van der Waals surface area contributed by atoms with E-state index in [1.807, 2.05) is 0 Å². The second kappa shape index (κ2) is 7.27. The number of benzene rings is 1. The molecule has 1 fully saturated rings. The summed E-state index contributed by atoms with van der Waals surface area (Å²) >= 11 is 5.72. The van der Waals surface area contributed by atoms with E-state index in [9.17, 15) is 14.0 Å². The summed E-state index contributed by atoms with van der Waals surface area (Å²) in [6.07, 6.45) is 1.53. The van der Waals surface area contributed by atoms with Crippen molar-refractivity contribution in [2.45, 2.75) is 19.3 Å². The first-order valence-corrected chi connectivity index (χ1v) is 7.80. The van der Waals surface area contributed by atoms with E-state index in [4.69, 9.17) is 22.1 Å². The van der Waals surface area contributed by atoms with Gasteiger partial charge in [-0.05, 0) is 37.5 Å². The lowest BCUT2D eigenvalue weighted by molar-refractivity contribution is -0.131. The maximum atomic E-state index is 13.2. The Morgan fingerprint density at radius 2 is 2.04 bits per heavy atom. The van der Waals surface area contributed by atoms with Crippen molar-refractivity contribution < 1.29 is 18.7 Å². The molecule has 1 aliphatic rings. The zero-order chi connectivity index (χ0) is 17.0. The van der Waals surface area contributed by atoms with Crippen molar-refractivity contribution in [3.05, 3.63) is 34.6 Å². The fraction of sp³-hybridized carbons (Fsp3) is 0.500. The predicted molar refractivity (Wildman–Crippen MR) is 84.7 cm³/mol. The molecule has 2 amide bonds. The minimum Gasteiger partial charge on any atom is -0.385 e. The van der Waals surface area contributed by atoms with Crippen molar-refractivity contribution in [3.63, 3.8) is 0 Å². The number of carbonyl (C=O) groups excluding carboxylic acids is 2. The standard InChI is InChI=1S/C16H20ClFN2O3/c1-23-9-6-16(15(19)22)4-7-20(8-5-16)14(21)11-2-3-13(18)12(17)10-11/h2-3,10H,4-9H2,1H3,(H2,19,22). The van der Waals surface area contributed by atoms with Crippen molar-refractivity contribution in [3.8, 4) is 0 Å². The van der Waals surface area contributed by atoms with Crippen LogP contribution in [0.4, 0.5) is 4.39 Å². The number of nitrogens with two attached hydrogens (primary N) is 1. The third-order valence-electron chi connectivity index (χ3n) is 4.48. The fourth-order valence-electron chi connectivity index (χ4n) is 2.87.